The Labute approximate surface area is 70.2 Å². The predicted octanol–water partition coefficient (Wildman–Crippen LogP) is 3.42. The third-order valence-electron chi connectivity index (χ3n) is 2.16. The van der Waals surface area contributed by atoms with Gasteiger partial charge >= 0.3 is 0 Å². The Hall–Kier alpha value is -0.590. The number of rotatable bonds is 5. The van der Waals surface area contributed by atoms with E-state index in [0.717, 1.165) is 6.42 Å². The summed E-state index contributed by atoms with van der Waals surface area (Å²) in [6.45, 7) is 10.2. The molecule has 0 rings (SSSR count). The molecule has 0 aromatic carbocycles. The van der Waals surface area contributed by atoms with E-state index in [1.807, 2.05) is 0 Å². The van der Waals surface area contributed by atoms with Crippen molar-refractivity contribution in [1.29, 1.82) is 0 Å². The van der Waals surface area contributed by atoms with E-state index in [0.29, 0.717) is 5.41 Å². The second-order valence-corrected chi connectivity index (χ2v) is 3.62. The molecule has 0 fully saturated rings. The largest absolute Gasteiger partial charge is 0.273 e. The lowest BCUT2D eigenvalue weighted by Crippen LogP contribution is -2.08. The molecule has 0 aromatic rings. The van der Waals surface area contributed by atoms with Crippen LogP contribution in [0.2, 0.25) is 0 Å². The third-order valence-corrected chi connectivity index (χ3v) is 2.16. The number of aliphatic imine (C=N–C) groups is 1. The summed E-state index contributed by atoms with van der Waals surface area (Å²) in [5, 5.41) is 0. The van der Waals surface area contributed by atoms with Gasteiger partial charge in [-0.3, -0.25) is 4.99 Å². The molecule has 1 nitrogen and oxygen atoms in total. The van der Waals surface area contributed by atoms with E-state index in [1.54, 1.807) is 6.20 Å². The summed E-state index contributed by atoms with van der Waals surface area (Å²) in [6.07, 6.45) is 7.42. The van der Waals surface area contributed by atoms with Crippen LogP contribution < -0.4 is 0 Å². The highest BCUT2D eigenvalue weighted by atomic mass is 14.6. The Kier molecular flexibility index (Phi) is 4.84. The van der Waals surface area contributed by atoms with Gasteiger partial charge in [0.05, 0.1) is 0 Å². The molecule has 0 aliphatic carbocycles. The molecule has 0 bridgehead atoms. The Morgan fingerprint density at radius 3 is 2.55 bits per heavy atom. The van der Waals surface area contributed by atoms with E-state index in [1.165, 1.54) is 12.8 Å². The molecule has 0 saturated heterocycles. The highest BCUT2D eigenvalue weighted by molar-refractivity contribution is 5.25. The van der Waals surface area contributed by atoms with Gasteiger partial charge in [-0.2, -0.15) is 0 Å². The monoisotopic (exact) mass is 153 g/mol. The fraction of sp³-hybridized carbons (Fsp3) is 0.700. The van der Waals surface area contributed by atoms with Crippen LogP contribution in [0.4, 0.5) is 0 Å². The standard InChI is InChI=1S/C10H19N/c1-5-10(2,3)8-6-7-9-11-4/h7,9H,4-6,8H2,1-3H3/b9-7-. The van der Waals surface area contributed by atoms with Gasteiger partial charge in [-0.25, -0.2) is 0 Å². The van der Waals surface area contributed by atoms with Crippen LogP contribution in [0.1, 0.15) is 40.0 Å². The molecule has 0 atom stereocenters. The summed E-state index contributed by atoms with van der Waals surface area (Å²) >= 11 is 0. The zero-order valence-electron chi connectivity index (χ0n) is 7.93. The second-order valence-electron chi connectivity index (χ2n) is 3.62. The first-order valence-corrected chi connectivity index (χ1v) is 4.23. The van der Waals surface area contributed by atoms with Crippen LogP contribution in [-0.2, 0) is 0 Å². The van der Waals surface area contributed by atoms with Crippen molar-refractivity contribution >= 4 is 6.72 Å². The summed E-state index contributed by atoms with van der Waals surface area (Å²) in [5.41, 5.74) is 0.478. The van der Waals surface area contributed by atoms with Gasteiger partial charge in [-0.05, 0) is 25.0 Å². The number of allylic oxidation sites excluding steroid dienone is 1. The number of nitrogens with zero attached hydrogens (tertiary/aromatic N) is 1. The van der Waals surface area contributed by atoms with Gasteiger partial charge < -0.3 is 0 Å². The molecule has 64 valence electrons. The summed E-state index contributed by atoms with van der Waals surface area (Å²) in [7, 11) is 0. The second kappa shape index (κ2) is 5.11. The van der Waals surface area contributed by atoms with Crippen LogP contribution in [0, 0.1) is 5.41 Å². The Morgan fingerprint density at radius 1 is 1.45 bits per heavy atom. The zero-order chi connectivity index (χ0) is 8.74. The van der Waals surface area contributed by atoms with Gasteiger partial charge in [0, 0.05) is 6.20 Å². The molecular weight excluding hydrogens is 134 g/mol. The Balaban J connectivity index is 3.52. The van der Waals surface area contributed by atoms with Gasteiger partial charge in [-0.15, -0.1) is 0 Å². The topological polar surface area (TPSA) is 12.4 Å². The van der Waals surface area contributed by atoms with Crippen molar-refractivity contribution < 1.29 is 0 Å². The van der Waals surface area contributed by atoms with E-state index < -0.39 is 0 Å². The van der Waals surface area contributed by atoms with Crippen molar-refractivity contribution in [2.45, 2.75) is 40.0 Å². The summed E-state index contributed by atoms with van der Waals surface area (Å²) in [4.78, 5) is 3.65. The maximum atomic E-state index is 3.65. The van der Waals surface area contributed by atoms with Gasteiger partial charge in [0.2, 0.25) is 0 Å². The lowest BCUT2D eigenvalue weighted by molar-refractivity contribution is 0.325. The quantitative estimate of drug-likeness (QED) is 0.537. The highest BCUT2D eigenvalue weighted by Gasteiger charge is 2.12. The van der Waals surface area contributed by atoms with E-state index in [9.17, 15) is 0 Å². The predicted molar refractivity (Wildman–Crippen MR) is 52.0 cm³/mol. The summed E-state index contributed by atoms with van der Waals surface area (Å²) in [5.74, 6) is 0. The van der Waals surface area contributed by atoms with Crippen LogP contribution in [-0.4, -0.2) is 6.72 Å². The molecule has 0 unspecified atom stereocenters. The maximum Gasteiger partial charge on any atom is 0.0220 e. The fourth-order valence-corrected chi connectivity index (χ4v) is 0.800. The van der Waals surface area contributed by atoms with Crippen molar-refractivity contribution in [2.75, 3.05) is 0 Å². The Morgan fingerprint density at radius 2 is 2.09 bits per heavy atom. The van der Waals surface area contributed by atoms with E-state index in [2.05, 4.69) is 38.6 Å². The molecular formula is C10H19N. The van der Waals surface area contributed by atoms with E-state index >= 15 is 0 Å². The summed E-state index contributed by atoms with van der Waals surface area (Å²) < 4.78 is 0. The minimum Gasteiger partial charge on any atom is -0.273 e. The number of hydrogen-bond donors (Lipinski definition) is 0. The average molecular weight is 153 g/mol. The first kappa shape index (κ1) is 10.4. The van der Waals surface area contributed by atoms with Gasteiger partial charge in [0.25, 0.3) is 0 Å². The van der Waals surface area contributed by atoms with E-state index in [-0.39, 0.29) is 0 Å². The lowest BCUT2D eigenvalue weighted by Gasteiger charge is -2.20. The molecule has 0 aromatic heterocycles. The lowest BCUT2D eigenvalue weighted by atomic mass is 9.85. The van der Waals surface area contributed by atoms with Crippen LogP contribution in [0.25, 0.3) is 0 Å². The highest BCUT2D eigenvalue weighted by Crippen LogP contribution is 2.25. The van der Waals surface area contributed by atoms with Gasteiger partial charge in [0.15, 0.2) is 0 Å². The third kappa shape index (κ3) is 5.84. The van der Waals surface area contributed by atoms with E-state index in [4.69, 9.17) is 0 Å². The molecule has 0 saturated carbocycles. The van der Waals surface area contributed by atoms with Crippen LogP contribution >= 0.6 is 0 Å². The van der Waals surface area contributed by atoms with Crippen molar-refractivity contribution in [1.82, 2.24) is 0 Å². The number of hydrogen-bond acceptors (Lipinski definition) is 1. The van der Waals surface area contributed by atoms with Gasteiger partial charge in [0.1, 0.15) is 0 Å². The van der Waals surface area contributed by atoms with Crippen LogP contribution in [0.5, 0.6) is 0 Å². The van der Waals surface area contributed by atoms with Crippen molar-refractivity contribution in [3.8, 4) is 0 Å². The molecule has 0 amide bonds. The minimum atomic E-state index is 0.478. The maximum absolute atomic E-state index is 3.65. The molecule has 0 N–H and O–H groups in total. The minimum absolute atomic E-state index is 0.478. The molecule has 0 spiro atoms. The first-order chi connectivity index (χ1) is 5.12. The van der Waals surface area contributed by atoms with Crippen molar-refractivity contribution in [3.63, 3.8) is 0 Å². The molecule has 11 heavy (non-hydrogen) atoms. The van der Waals surface area contributed by atoms with Crippen molar-refractivity contribution in [2.24, 2.45) is 10.4 Å². The normalized spacial score (nSPS) is 12.3. The SMILES string of the molecule is C=N/C=C\CCC(C)(C)CC. The van der Waals surface area contributed by atoms with Crippen molar-refractivity contribution in [3.05, 3.63) is 12.3 Å². The van der Waals surface area contributed by atoms with Crippen LogP contribution in [0.15, 0.2) is 17.3 Å². The molecule has 0 aliphatic rings. The molecule has 0 aliphatic heterocycles. The molecule has 1 heteroatoms. The first-order valence-electron chi connectivity index (χ1n) is 4.23. The molecule has 0 heterocycles. The van der Waals surface area contributed by atoms with Crippen LogP contribution in [0.3, 0.4) is 0 Å². The smallest absolute Gasteiger partial charge is 0.0220 e. The average Bonchev–Trinajstić information content (AvgIpc) is 1.99. The fourth-order valence-electron chi connectivity index (χ4n) is 0.800. The molecule has 0 radical (unpaired) electrons. The zero-order valence-corrected chi connectivity index (χ0v) is 7.93. The van der Waals surface area contributed by atoms with Gasteiger partial charge in [-0.1, -0.05) is 33.3 Å². The summed E-state index contributed by atoms with van der Waals surface area (Å²) in [6, 6.07) is 0. The Bertz CT molecular complexity index is 134.